The van der Waals surface area contributed by atoms with Gasteiger partial charge in [-0.1, -0.05) is 12.1 Å². The van der Waals surface area contributed by atoms with E-state index in [1.807, 2.05) is 36.2 Å². The Labute approximate surface area is 172 Å². The summed E-state index contributed by atoms with van der Waals surface area (Å²) >= 11 is 0. The van der Waals surface area contributed by atoms with E-state index in [0.29, 0.717) is 31.5 Å². The molecule has 0 saturated carbocycles. The number of cyclic esters (lactones) is 1. The second-order valence-corrected chi connectivity index (χ2v) is 8.63. The van der Waals surface area contributed by atoms with Crippen LogP contribution in [-0.4, -0.2) is 78.8 Å². The van der Waals surface area contributed by atoms with Crippen LogP contribution in [0, 0.1) is 5.41 Å². The first-order chi connectivity index (χ1) is 14.0. The summed E-state index contributed by atoms with van der Waals surface area (Å²) in [6.07, 6.45) is 3.36. The Bertz CT molecular complexity index is 752. The van der Waals surface area contributed by atoms with Crippen LogP contribution in [0.25, 0.3) is 0 Å². The zero-order chi connectivity index (χ0) is 20.4. The molecular weight excluding hydrogens is 370 g/mol. The molecule has 0 radical (unpaired) electrons. The van der Waals surface area contributed by atoms with Gasteiger partial charge in [-0.25, -0.2) is 0 Å². The van der Waals surface area contributed by atoms with E-state index in [1.165, 1.54) is 0 Å². The van der Waals surface area contributed by atoms with Crippen LogP contribution in [0.5, 0.6) is 0 Å². The van der Waals surface area contributed by atoms with E-state index >= 15 is 0 Å². The molecule has 7 heteroatoms. The summed E-state index contributed by atoms with van der Waals surface area (Å²) in [5.41, 5.74) is 1.05. The molecule has 1 amide bonds. The first kappa shape index (κ1) is 20.2. The van der Waals surface area contributed by atoms with Crippen LogP contribution in [0.2, 0.25) is 0 Å². The zero-order valence-corrected chi connectivity index (χ0v) is 17.1. The Hall–Kier alpha value is -2.12. The lowest BCUT2D eigenvalue weighted by Crippen LogP contribution is -2.45. The molecule has 3 aliphatic heterocycles. The van der Waals surface area contributed by atoms with Crippen molar-refractivity contribution in [1.29, 1.82) is 0 Å². The highest BCUT2D eigenvalue weighted by atomic mass is 16.6. The number of esters is 1. The number of carbonyl (C=O) groups is 2. The summed E-state index contributed by atoms with van der Waals surface area (Å²) in [6.45, 7) is 3.62. The highest BCUT2D eigenvalue weighted by Gasteiger charge is 2.51. The molecule has 1 atom stereocenters. The maximum atomic E-state index is 13.0. The van der Waals surface area contributed by atoms with E-state index in [-0.39, 0.29) is 24.1 Å². The molecule has 7 nitrogen and oxygen atoms in total. The molecule has 0 aromatic heterocycles. The molecule has 3 fully saturated rings. The standard InChI is InChI=1S/C22H31N3O4/c1-23-19-5-3-2-4-18(19)20(27)25-12-8-22(9-13-25)14-17(29-21(22)28)15-24-10-6-16(26)7-11-24/h2-5,16-17,23,26H,6-15H2,1H3. The number of para-hydroxylation sites is 1. The van der Waals surface area contributed by atoms with Crippen LogP contribution >= 0.6 is 0 Å². The number of piperidine rings is 2. The van der Waals surface area contributed by atoms with Crippen molar-refractivity contribution in [1.82, 2.24) is 9.80 Å². The molecular formula is C22H31N3O4. The average Bonchev–Trinajstić information content (AvgIpc) is 3.04. The second kappa shape index (κ2) is 8.32. The van der Waals surface area contributed by atoms with Gasteiger partial charge in [0.05, 0.1) is 17.1 Å². The predicted octanol–water partition coefficient (Wildman–Crippen LogP) is 1.72. The van der Waals surface area contributed by atoms with Crippen LogP contribution in [0.15, 0.2) is 24.3 Å². The van der Waals surface area contributed by atoms with Crippen LogP contribution < -0.4 is 5.32 Å². The number of anilines is 1. The highest BCUT2D eigenvalue weighted by molar-refractivity contribution is 5.99. The quantitative estimate of drug-likeness (QED) is 0.748. The summed E-state index contributed by atoms with van der Waals surface area (Å²) in [6, 6.07) is 7.52. The number of hydrogen-bond acceptors (Lipinski definition) is 6. The number of hydrogen-bond donors (Lipinski definition) is 2. The van der Waals surface area contributed by atoms with Gasteiger partial charge < -0.3 is 20.1 Å². The number of nitrogens with one attached hydrogen (secondary N) is 1. The van der Waals surface area contributed by atoms with Crippen molar-refractivity contribution in [3.05, 3.63) is 29.8 Å². The maximum Gasteiger partial charge on any atom is 0.312 e. The van der Waals surface area contributed by atoms with Gasteiger partial charge in [0.2, 0.25) is 0 Å². The fourth-order valence-corrected chi connectivity index (χ4v) is 4.93. The number of benzene rings is 1. The number of aliphatic hydroxyl groups excluding tert-OH is 1. The first-order valence-corrected chi connectivity index (χ1v) is 10.7. The summed E-state index contributed by atoms with van der Waals surface area (Å²) < 4.78 is 5.74. The fraction of sp³-hybridized carbons (Fsp3) is 0.636. The molecule has 4 rings (SSSR count). The Kier molecular flexibility index (Phi) is 5.79. The smallest absolute Gasteiger partial charge is 0.312 e. The number of likely N-dealkylation sites (tertiary alicyclic amines) is 2. The second-order valence-electron chi connectivity index (χ2n) is 8.63. The van der Waals surface area contributed by atoms with Crippen LogP contribution in [-0.2, 0) is 9.53 Å². The van der Waals surface area contributed by atoms with Crippen molar-refractivity contribution in [3.8, 4) is 0 Å². The predicted molar refractivity (Wildman–Crippen MR) is 110 cm³/mol. The summed E-state index contributed by atoms with van der Waals surface area (Å²) in [5.74, 6) is -0.0816. The largest absolute Gasteiger partial charge is 0.461 e. The minimum absolute atomic E-state index is 0.0135. The van der Waals surface area contributed by atoms with Gasteiger partial charge in [-0.15, -0.1) is 0 Å². The molecule has 29 heavy (non-hydrogen) atoms. The van der Waals surface area contributed by atoms with Crippen molar-refractivity contribution in [2.75, 3.05) is 45.1 Å². The molecule has 1 aromatic rings. The van der Waals surface area contributed by atoms with Gasteiger partial charge in [0.15, 0.2) is 0 Å². The van der Waals surface area contributed by atoms with Crippen LogP contribution in [0.1, 0.15) is 42.5 Å². The third-order valence-corrected chi connectivity index (χ3v) is 6.78. The van der Waals surface area contributed by atoms with Crippen molar-refractivity contribution >= 4 is 17.6 Å². The van der Waals surface area contributed by atoms with E-state index in [1.54, 1.807) is 0 Å². The molecule has 2 N–H and O–H groups in total. The summed E-state index contributed by atoms with van der Waals surface area (Å²) in [4.78, 5) is 29.8. The van der Waals surface area contributed by atoms with Gasteiger partial charge in [-0.2, -0.15) is 0 Å². The van der Waals surface area contributed by atoms with Crippen molar-refractivity contribution < 1.29 is 19.4 Å². The average molecular weight is 402 g/mol. The van der Waals surface area contributed by atoms with E-state index in [0.717, 1.165) is 44.6 Å². The molecule has 1 spiro atoms. The topological polar surface area (TPSA) is 82.1 Å². The summed E-state index contributed by atoms with van der Waals surface area (Å²) in [7, 11) is 1.81. The number of rotatable bonds is 4. The molecule has 3 heterocycles. The van der Waals surface area contributed by atoms with E-state index < -0.39 is 5.41 Å². The lowest BCUT2D eigenvalue weighted by atomic mass is 9.76. The minimum Gasteiger partial charge on any atom is -0.461 e. The maximum absolute atomic E-state index is 13.0. The Balaban J connectivity index is 1.34. The molecule has 1 aromatic carbocycles. The molecule has 1 unspecified atom stereocenters. The van der Waals surface area contributed by atoms with Gasteiger partial charge in [-0.05, 0) is 37.8 Å². The Morgan fingerprint density at radius 2 is 1.90 bits per heavy atom. The third kappa shape index (κ3) is 4.12. The van der Waals surface area contributed by atoms with Crippen molar-refractivity contribution in [2.45, 2.75) is 44.3 Å². The number of amides is 1. The van der Waals surface area contributed by atoms with Gasteiger partial charge in [0, 0.05) is 51.9 Å². The van der Waals surface area contributed by atoms with Crippen LogP contribution in [0.3, 0.4) is 0 Å². The number of carbonyl (C=O) groups excluding carboxylic acids is 2. The highest BCUT2D eigenvalue weighted by Crippen LogP contribution is 2.43. The van der Waals surface area contributed by atoms with Gasteiger partial charge in [-0.3, -0.25) is 14.5 Å². The summed E-state index contributed by atoms with van der Waals surface area (Å²) in [5, 5.41) is 12.7. The minimum atomic E-state index is -0.445. The Morgan fingerprint density at radius 1 is 1.21 bits per heavy atom. The fourth-order valence-electron chi connectivity index (χ4n) is 4.93. The van der Waals surface area contributed by atoms with Crippen LogP contribution in [0.4, 0.5) is 5.69 Å². The SMILES string of the molecule is CNc1ccccc1C(=O)N1CCC2(CC1)CC(CN1CCC(O)CC1)OC2=O. The van der Waals surface area contributed by atoms with Gasteiger partial charge in [0.25, 0.3) is 5.91 Å². The molecule has 0 bridgehead atoms. The lowest BCUT2D eigenvalue weighted by molar-refractivity contribution is -0.151. The molecule has 158 valence electrons. The molecule has 3 saturated heterocycles. The zero-order valence-electron chi connectivity index (χ0n) is 17.1. The Morgan fingerprint density at radius 3 is 2.59 bits per heavy atom. The lowest BCUT2D eigenvalue weighted by Gasteiger charge is -2.37. The first-order valence-electron chi connectivity index (χ1n) is 10.7. The van der Waals surface area contributed by atoms with Gasteiger partial charge >= 0.3 is 5.97 Å². The number of aliphatic hydroxyl groups is 1. The number of nitrogens with zero attached hydrogens (tertiary/aromatic N) is 2. The van der Waals surface area contributed by atoms with E-state index in [4.69, 9.17) is 4.74 Å². The van der Waals surface area contributed by atoms with E-state index in [9.17, 15) is 14.7 Å². The molecule has 0 aliphatic carbocycles. The van der Waals surface area contributed by atoms with Crippen molar-refractivity contribution in [2.24, 2.45) is 5.41 Å². The molecule has 3 aliphatic rings. The van der Waals surface area contributed by atoms with E-state index in [2.05, 4.69) is 10.2 Å². The third-order valence-electron chi connectivity index (χ3n) is 6.78. The monoisotopic (exact) mass is 401 g/mol. The van der Waals surface area contributed by atoms with Crippen molar-refractivity contribution in [3.63, 3.8) is 0 Å². The normalized spacial score (nSPS) is 25.2. The van der Waals surface area contributed by atoms with Gasteiger partial charge in [0.1, 0.15) is 6.10 Å². The number of ether oxygens (including phenoxy) is 1.